The minimum absolute atomic E-state index is 0.198. The van der Waals surface area contributed by atoms with Gasteiger partial charge in [0.1, 0.15) is 0 Å². The maximum absolute atomic E-state index is 9.14. The molecule has 0 saturated heterocycles. The summed E-state index contributed by atoms with van der Waals surface area (Å²) >= 11 is 0. The molecule has 3 atom stereocenters. The molecule has 2 nitrogen and oxygen atoms in total. The van der Waals surface area contributed by atoms with Crippen LogP contribution in [0.3, 0.4) is 0 Å². The maximum atomic E-state index is 9.14. The Morgan fingerprint density at radius 1 is 1.12 bits per heavy atom. The van der Waals surface area contributed by atoms with E-state index in [0.29, 0.717) is 5.92 Å². The van der Waals surface area contributed by atoms with Gasteiger partial charge >= 0.3 is 0 Å². The van der Waals surface area contributed by atoms with Crippen LogP contribution in [-0.4, -0.2) is 17.3 Å². The first-order valence-corrected chi connectivity index (χ1v) is 6.56. The molecule has 2 heteroatoms. The third-order valence-electron chi connectivity index (χ3n) is 2.72. The fourth-order valence-electron chi connectivity index (χ4n) is 1.48. The minimum Gasteiger partial charge on any atom is -0.499 e. The molecular formula is C14H28O2. The van der Waals surface area contributed by atoms with E-state index in [1.807, 2.05) is 20.1 Å². The van der Waals surface area contributed by atoms with Crippen molar-refractivity contribution in [1.29, 1.82) is 0 Å². The van der Waals surface area contributed by atoms with Gasteiger partial charge in [0.2, 0.25) is 0 Å². The molecule has 0 aliphatic rings. The van der Waals surface area contributed by atoms with E-state index in [-0.39, 0.29) is 12.2 Å². The number of aliphatic hydroxyl groups is 1. The van der Waals surface area contributed by atoms with Gasteiger partial charge in [-0.3, -0.25) is 0 Å². The standard InChI is InChI=1S/C14H28O2/c1-5-6-7-12(2)10-11-16-14(4)9-8-13(3)15/h10-15H,5-9H2,1-4H3/b11-10+/t12?,13-,14-/m0/s1. The number of unbranched alkanes of at least 4 members (excludes halogenated alkanes) is 1. The molecule has 1 N–H and O–H groups in total. The Kier molecular flexibility index (Phi) is 9.40. The van der Waals surface area contributed by atoms with E-state index >= 15 is 0 Å². The molecule has 0 rings (SSSR count). The molecule has 0 heterocycles. The summed E-state index contributed by atoms with van der Waals surface area (Å²) in [7, 11) is 0. The van der Waals surface area contributed by atoms with Gasteiger partial charge in [-0.25, -0.2) is 0 Å². The second-order valence-electron chi connectivity index (χ2n) is 4.82. The van der Waals surface area contributed by atoms with Gasteiger partial charge in [-0.1, -0.05) is 26.7 Å². The molecule has 16 heavy (non-hydrogen) atoms. The van der Waals surface area contributed by atoms with Crippen LogP contribution < -0.4 is 0 Å². The fourth-order valence-corrected chi connectivity index (χ4v) is 1.48. The van der Waals surface area contributed by atoms with E-state index in [1.54, 1.807) is 0 Å². The van der Waals surface area contributed by atoms with Gasteiger partial charge in [-0.15, -0.1) is 0 Å². The lowest BCUT2D eigenvalue weighted by Gasteiger charge is -2.12. The van der Waals surface area contributed by atoms with Crippen molar-refractivity contribution >= 4 is 0 Å². The van der Waals surface area contributed by atoms with Crippen molar-refractivity contribution in [3.8, 4) is 0 Å². The predicted molar refractivity (Wildman–Crippen MR) is 69.3 cm³/mol. The van der Waals surface area contributed by atoms with E-state index in [4.69, 9.17) is 9.84 Å². The summed E-state index contributed by atoms with van der Waals surface area (Å²) < 4.78 is 5.55. The van der Waals surface area contributed by atoms with Crippen LogP contribution in [0.25, 0.3) is 0 Å². The van der Waals surface area contributed by atoms with Gasteiger partial charge < -0.3 is 9.84 Å². The second kappa shape index (κ2) is 9.71. The third-order valence-corrected chi connectivity index (χ3v) is 2.72. The molecule has 0 saturated carbocycles. The molecule has 0 fully saturated rings. The van der Waals surface area contributed by atoms with Crippen molar-refractivity contribution in [3.05, 3.63) is 12.3 Å². The summed E-state index contributed by atoms with van der Waals surface area (Å²) in [5, 5.41) is 9.14. The normalized spacial score (nSPS) is 17.3. The van der Waals surface area contributed by atoms with Gasteiger partial charge in [-0.2, -0.15) is 0 Å². The maximum Gasteiger partial charge on any atom is 0.0951 e. The molecule has 0 aromatic carbocycles. The average molecular weight is 228 g/mol. The molecule has 0 aromatic rings. The number of rotatable bonds is 9. The van der Waals surface area contributed by atoms with Crippen LogP contribution in [0.1, 0.15) is 59.8 Å². The Labute approximate surface area is 101 Å². The van der Waals surface area contributed by atoms with E-state index in [9.17, 15) is 0 Å². The van der Waals surface area contributed by atoms with Crippen molar-refractivity contribution in [3.63, 3.8) is 0 Å². The van der Waals surface area contributed by atoms with Crippen LogP contribution in [0.4, 0.5) is 0 Å². The first kappa shape index (κ1) is 15.5. The molecule has 0 amide bonds. The van der Waals surface area contributed by atoms with Gasteiger partial charge in [0.25, 0.3) is 0 Å². The first-order valence-electron chi connectivity index (χ1n) is 6.56. The number of ether oxygens (including phenoxy) is 1. The Morgan fingerprint density at radius 2 is 1.81 bits per heavy atom. The summed E-state index contributed by atoms with van der Waals surface area (Å²) in [4.78, 5) is 0. The Bertz CT molecular complexity index is 176. The zero-order valence-corrected chi connectivity index (χ0v) is 11.3. The van der Waals surface area contributed by atoms with Crippen molar-refractivity contribution < 1.29 is 9.84 Å². The van der Waals surface area contributed by atoms with Crippen LogP contribution in [0.15, 0.2) is 12.3 Å². The van der Waals surface area contributed by atoms with Crippen LogP contribution in [0.5, 0.6) is 0 Å². The van der Waals surface area contributed by atoms with Crippen LogP contribution in [-0.2, 0) is 4.74 Å². The highest BCUT2D eigenvalue weighted by atomic mass is 16.5. The highest BCUT2D eigenvalue weighted by Gasteiger charge is 2.03. The third kappa shape index (κ3) is 10.0. The summed E-state index contributed by atoms with van der Waals surface area (Å²) in [6.45, 7) is 8.29. The number of allylic oxidation sites excluding steroid dienone is 1. The van der Waals surface area contributed by atoms with E-state index in [1.165, 1.54) is 19.3 Å². The SMILES string of the molecule is CCCCC(C)/C=C/O[C@@H](C)CC[C@H](C)O. The molecule has 96 valence electrons. The highest BCUT2D eigenvalue weighted by molar-refractivity contribution is 4.80. The first-order chi connectivity index (χ1) is 7.56. The van der Waals surface area contributed by atoms with Gasteiger partial charge in [0, 0.05) is 0 Å². The molecule has 0 aliphatic heterocycles. The number of hydrogen-bond acceptors (Lipinski definition) is 2. The number of hydrogen-bond donors (Lipinski definition) is 1. The predicted octanol–water partition coefficient (Wildman–Crippen LogP) is 3.89. The summed E-state index contributed by atoms with van der Waals surface area (Å²) in [6.07, 6.45) is 9.42. The largest absolute Gasteiger partial charge is 0.499 e. The van der Waals surface area contributed by atoms with Crippen molar-refractivity contribution in [2.24, 2.45) is 5.92 Å². The Morgan fingerprint density at radius 3 is 2.38 bits per heavy atom. The van der Waals surface area contributed by atoms with Gasteiger partial charge in [0.15, 0.2) is 0 Å². The molecule has 0 radical (unpaired) electrons. The van der Waals surface area contributed by atoms with Crippen LogP contribution in [0, 0.1) is 5.92 Å². The molecule has 0 aromatic heterocycles. The van der Waals surface area contributed by atoms with Crippen LogP contribution >= 0.6 is 0 Å². The van der Waals surface area contributed by atoms with E-state index < -0.39 is 0 Å². The fraction of sp³-hybridized carbons (Fsp3) is 0.857. The lowest BCUT2D eigenvalue weighted by molar-refractivity contribution is 0.117. The van der Waals surface area contributed by atoms with Crippen molar-refractivity contribution in [2.45, 2.75) is 72.0 Å². The minimum atomic E-state index is -0.224. The molecular weight excluding hydrogens is 200 g/mol. The summed E-state index contributed by atoms with van der Waals surface area (Å²) in [6, 6.07) is 0. The van der Waals surface area contributed by atoms with Gasteiger partial charge in [0.05, 0.1) is 18.5 Å². The van der Waals surface area contributed by atoms with E-state index in [2.05, 4.69) is 19.9 Å². The van der Waals surface area contributed by atoms with Crippen molar-refractivity contribution in [1.82, 2.24) is 0 Å². The molecule has 1 unspecified atom stereocenters. The quantitative estimate of drug-likeness (QED) is 0.607. The zero-order chi connectivity index (χ0) is 12.4. The van der Waals surface area contributed by atoms with Crippen molar-refractivity contribution in [2.75, 3.05) is 0 Å². The topological polar surface area (TPSA) is 29.5 Å². The Balaban J connectivity index is 3.56. The number of aliphatic hydroxyl groups excluding tert-OH is 1. The summed E-state index contributed by atoms with van der Waals surface area (Å²) in [5.74, 6) is 0.601. The van der Waals surface area contributed by atoms with Crippen LogP contribution in [0.2, 0.25) is 0 Å². The Hall–Kier alpha value is -0.500. The van der Waals surface area contributed by atoms with Gasteiger partial charge in [-0.05, 0) is 45.1 Å². The molecule has 0 spiro atoms. The summed E-state index contributed by atoms with van der Waals surface area (Å²) in [5.41, 5.74) is 0. The monoisotopic (exact) mass is 228 g/mol. The van der Waals surface area contributed by atoms with E-state index in [0.717, 1.165) is 12.8 Å². The smallest absolute Gasteiger partial charge is 0.0951 e. The lowest BCUT2D eigenvalue weighted by Crippen LogP contribution is -2.09. The molecule has 0 aliphatic carbocycles. The highest BCUT2D eigenvalue weighted by Crippen LogP contribution is 2.10. The average Bonchev–Trinajstić information content (AvgIpc) is 2.23. The lowest BCUT2D eigenvalue weighted by atomic mass is 10.1. The zero-order valence-electron chi connectivity index (χ0n) is 11.3. The molecule has 0 bridgehead atoms. The second-order valence-corrected chi connectivity index (χ2v) is 4.82.